The van der Waals surface area contributed by atoms with Gasteiger partial charge in [-0.25, -0.2) is 18.8 Å². The molecule has 0 spiro atoms. The normalized spacial score (nSPS) is 15.2. The summed E-state index contributed by atoms with van der Waals surface area (Å²) in [5.41, 5.74) is -0.679. The summed E-state index contributed by atoms with van der Waals surface area (Å²) in [6.45, 7) is 5.16. The van der Waals surface area contributed by atoms with E-state index in [2.05, 4.69) is 6.58 Å². The molecule has 0 aliphatic carbocycles. The second kappa shape index (κ2) is 16.6. The number of aliphatic carboxylic acids is 1. The molecule has 2 aromatic carbocycles. The molecule has 0 radical (unpaired) electrons. The van der Waals surface area contributed by atoms with E-state index < -0.39 is 59.6 Å². The highest BCUT2D eigenvalue weighted by atomic mass is 19.1. The molecule has 1 unspecified atom stereocenters. The summed E-state index contributed by atoms with van der Waals surface area (Å²) in [6.07, 6.45) is 1.45. The Morgan fingerprint density at radius 3 is 2.45 bits per heavy atom. The Morgan fingerprint density at radius 2 is 1.79 bits per heavy atom. The number of carboxylic acid groups (broad SMARTS) is 1. The third-order valence-corrected chi connectivity index (χ3v) is 7.68. The minimum absolute atomic E-state index is 0.0587. The van der Waals surface area contributed by atoms with E-state index in [1.807, 2.05) is 0 Å². The van der Waals surface area contributed by atoms with Crippen molar-refractivity contribution in [3.63, 3.8) is 0 Å². The molecule has 13 heteroatoms. The van der Waals surface area contributed by atoms with E-state index in [1.165, 1.54) is 46.3 Å². The Morgan fingerprint density at radius 1 is 1.06 bits per heavy atom. The fraction of sp³-hybridized carbons (Fsp3) is 0.441. The molecule has 47 heavy (non-hydrogen) atoms. The van der Waals surface area contributed by atoms with Crippen LogP contribution < -0.4 is 14.2 Å². The second-order valence-corrected chi connectivity index (χ2v) is 11.5. The van der Waals surface area contributed by atoms with Crippen molar-refractivity contribution in [3.05, 3.63) is 66.0 Å². The van der Waals surface area contributed by atoms with Crippen molar-refractivity contribution in [2.24, 2.45) is 5.41 Å². The molecule has 0 aromatic heterocycles. The zero-order valence-electron chi connectivity index (χ0n) is 26.9. The van der Waals surface area contributed by atoms with Crippen LogP contribution in [0.15, 0.2) is 49.1 Å². The van der Waals surface area contributed by atoms with Crippen molar-refractivity contribution in [1.29, 1.82) is 0 Å². The Labute approximate surface area is 272 Å². The smallest absolute Gasteiger partial charge is 0.341 e. The number of carboxylic acids is 1. The van der Waals surface area contributed by atoms with Crippen molar-refractivity contribution in [3.8, 4) is 17.2 Å². The Kier molecular flexibility index (Phi) is 12.9. The predicted molar refractivity (Wildman–Crippen MR) is 166 cm³/mol. The lowest BCUT2D eigenvalue weighted by atomic mass is 9.87. The van der Waals surface area contributed by atoms with E-state index in [-0.39, 0.29) is 37.3 Å². The molecular weight excluding hydrogens is 617 g/mol. The first kappa shape index (κ1) is 36.5. The average Bonchev–Trinajstić information content (AvgIpc) is 3.07. The van der Waals surface area contributed by atoms with Crippen LogP contribution in [-0.4, -0.2) is 79.6 Å². The van der Waals surface area contributed by atoms with Crippen LogP contribution in [0.3, 0.4) is 0 Å². The highest BCUT2D eigenvalue weighted by Crippen LogP contribution is 2.34. The molecule has 3 rings (SSSR count). The topological polar surface area (TPSA) is 155 Å². The van der Waals surface area contributed by atoms with E-state index in [0.717, 1.165) is 16.5 Å². The van der Waals surface area contributed by atoms with E-state index in [0.29, 0.717) is 30.8 Å². The summed E-state index contributed by atoms with van der Waals surface area (Å²) >= 11 is 0. The summed E-state index contributed by atoms with van der Waals surface area (Å²) < 4.78 is 42.4. The number of piperidine rings is 1. The van der Waals surface area contributed by atoms with E-state index >= 15 is 4.39 Å². The van der Waals surface area contributed by atoms with Crippen molar-refractivity contribution in [1.82, 2.24) is 4.90 Å². The summed E-state index contributed by atoms with van der Waals surface area (Å²) in [4.78, 5) is 64.2. The van der Waals surface area contributed by atoms with Gasteiger partial charge in [0, 0.05) is 18.2 Å². The number of aryl methyl sites for hydroxylation is 1. The molecule has 0 bridgehead atoms. The van der Waals surface area contributed by atoms with Crippen LogP contribution in [-0.2, 0) is 39.9 Å². The van der Waals surface area contributed by atoms with Crippen molar-refractivity contribution in [2.75, 3.05) is 34.0 Å². The maximum absolute atomic E-state index is 15.7. The summed E-state index contributed by atoms with van der Waals surface area (Å²) in [7, 11) is 2.99. The maximum atomic E-state index is 15.7. The molecule has 1 saturated heterocycles. The van der Waals surface area contributed by atoms with Gasteiger partial charge in [-0.3, -0.25) is 9.59 Å². The van der Waals surface area contributed by atoms with Crippen LogP contribution in [0.1, 0.15) is 56.8 Å². The molecule has 1 amide bonds. The van der Waals surface area contributed by atoms with Gasteiger partial charge in [0.15, 0.2) is 29.7 Å². The van der Waals surface area contributed by atoms with Gasteiger partial charge in [-0.15, -0.1) is 0 Å². The fourth-order valence-corrected chi connectivity index (χ4v) is 5.07. The molecular formula is C34H40FNO11. The van der Waals surface area contributed by atoms with Crippen LogP contribution in [0.25, 0.3) is 0 Å². The van der Waals surface area contributed by atoms with Crippen LogP contribution in [0.5, 0.6) is 17.2 Å². The number of ether oxygens (including phenoxy) is 5. The molecule has 2 atom stereocenters. The maximum Gasteiger partial charge on any atom is 0.341 e. The van der Waals surface area contributed by atoms with E-state index in [9.17, 15) is 24.0 Å². The highest BCUT2D eigenvalue weighted by Gasteiger charge is 2.42. The number of esters is 2. The average molecular weight is 658 g/mol. The zero-order valence-corrected chi connectivity index (χ0v) is 26.9. The third kappa shape index (κ3) is 9.53. The Hall–Kier alpha value is -4.94. The molecule has 254 valence electrons. The summed E-state index contributed by atoms with van der Waals surface area (Å²) in [5.74, 6) is -4.93. The number of hydrogen-bond acceptors (Lipinski definition) is 10. The second-order valence-electron chi connectivity index (χ2n) is 11.5. The number of rotatable bonds is 16. The zero-order chi connectivity index (χ0) is 34.7. The number of carbonyl (C=O) groups excluding carboxylic acids is 4. The van der Waals surface area contributed by atoms with E-state index in [1.54, 1.807) is 18.2 Å². The third-order valence-electron chi connectivity index (χ3n) is 7.68. The van der Waals surface area contributed by atoms with Crippen molar-refractivity contribution < 1.29 is 57.2 Å². The Balaban J connectivity index is 1.89. The Bertz CT molecular complexity index is 1490. The van der Waals surface area contributed by atoms with Gasteiger partial charge in [0.25, 0.3) is 5.91 Å². The molecule has 1 aliphatic heterocycles. The lowest BCUT2D eigenvalue weighted by Crippen LogP contribution is -2.53. The monoisotopic (exact) mass is 657 g/mol. The summed E-state index contributed by atoms with van der Waals surface area (Å²) in [6, 6.07) is 8.20. The lowest BCUT2D eigenvalue weighted by molar-refractivity contribution is -0.165. The SMILES string of the molecule is C=CC(=O)OCC(C)(C)C(=O)C(=O)N1CCCC[C@H]1C(=O)OC(CCc1ccc(OC)c(OC)c1)c1cccc(OCC(=O)O)c1F. The quantitative estimate of drug-likeness (QED) is 0.157. The number of methoxy groups -OCH3 is 2. The molecule has 12 nitrogen and oxygen atoms in total. The molecule has 1 fully saturated rings. The fourth-order valence-electron chi connectivity index (χ4n) is 5.07. The number of amides is 1. The number of ketones is 1. The van der Waals surface area contributed by atoms with Crippen LogP contribution in [0.2, 0.25) is 0 Å². The standard InChI is InChI=1S/C34H40FNO11/c1-6-29(39)46-20-34(2,3)31(40)32(41)36-17-8-7-11-23(36)33(42)47-24(15-13-21-14-16-25(43-4)27(18-21)44-5)22-10-9-12-26(30(22)35)45-19-28(37)38/h6,9-10,12,14,16,18,23-24H,1,7-8,11,13,15,17,19-20H2,2-5H3,(H,37,38)/t23-,24?/m0/s1. The van der Waals surface area contributed by atoms with Crippen molar-refractivity contribution in [2.45, 2.75) is 58.1 Å². The molecule has 1 N–H and O–H groups in total. The highest BCUT2D eigenvalue weighted by molar-refractivity contribution is 6.38. The number of nitrogens with zero attached hydrogens (tertiary/aromatic N) is 1. The van der Waals surface area contributed by atoms with Gasteiger partial charge in [-0.05, 0) is 69.7 Å². The van der Waals surface area contributed by atoms with Gasteiger partial charge in [-0.2, -0.15) is 0 Å². The number of likely N-dealkylation sites (tertiary alicyclic amines) is 1. The molecule has 1 aliphatic rings. The number of benzene rings is 2. The number of halogens is 1. The predicted octanol–water partition coefficient (Wildman–Crippen LogP) is 4.23. The number of hydrogen-bond donors (Lipinski definition) is 1. The largest absolute Gasteiger partial charge is 0.493 e. The minimum atomic E-state index is -1.39. The van der Waals surface area contributed by atoms with Gasteiger partial charge in [0.1, 0.15) is 18.8 Å². The first-order chi connectivity index (χ1) is 22.3. The van der Waals surface area contributed by atoms with Crippen molar-refractivity contribution >= 4 is 29.6 Å². The van der Waals surface area contributed by atoms with Crippen LogP contribution >= 0.6 is 0 Å². The first-order valence-electron chi connectivity index (χ1n) is 15.0. The van der Waals surface area contributed by atoms with Gasteiger partial charge in [0.05, 0.1) is 19.6 Å². The van der Waals surface area contributed by atoms with Crippen LogP contribution in [0.4, 0.5) is 4.39 Å². The minimum Gasteiger partial charge on any atom is -0.493 e. The molecule has 1 heterocycles. The number of Topliss-reactive ketones (excluding diaryl/α,β-unsaturated/α-hetero) is 1. The lowest BCUT2D eigenvalue weighted by Gasteiger charge is -2.36. The van der Waals surface area contributed by atoms with Gasteiger partial charge in [0.2, 0.25) is 5.78 Å². The van der Waals surface area contributed by atoms with E-state index in [4.69, 9.17) is 28.8 Å². The van der Waals surface area contributed by atoms with Gasteiger partial charge >= 0.3 is 17.9 Å². The van der Waals surface area contributed by atoms with Gasteiger partial charge < -0.3 is 33.7 Å². The first-order valence-corrected chi connectivity index (χ1v) is 15.0. The number of carbonyl (C=O) groups is 5. The summed E-state index contributed by atoms with van der Waals surface area (Å²) in [5, 5.41) is 9.00. The molecule has 2 aromatic rings. The van der Waals surface area contributed by atoms with Crippen LogP contribution in [0, 0.1) is 11.2 Å². The molecule has 0 saturated carbocycles. The van der Waals surface area contributed by atoms with Gasteiger partial charge in [-0.1, -0.05) is 24.8 Å².